The van der Waals surface area contributed by atoms with Crippen LogP contribution in [-0.4, -0.2) is 37.7 Å². The number of nitrogens with zero attached hydrogens (tertiary/aromatic N) is 1. The van der Waals surface area contributed by atoms with Gasteiger partial charge in [0.2, 0.25) is 10.0 Å². The Morgan fingerprint density at radius 1 is 1.40 bits per heavy atom. The van der Waals surface area contributed by atoms with E-state index in [-0.39, 0.29) is 25.1 Å². The molecule has 0 aliphatic carbocycles. The highest BCUT2D eigenvalue weighted by molar-refractivity contribution is 7.89. The molecule has 0 radical (unpaired) electrons. The Hall–Kier alpha value is -0.300. The molecule has 1 heterocycles. The van der Waals surface area contributed by atoms with E-state index >= 15 is 0 Å². The van der Waals surface area contributed by atoms with Crippen molar-refractivity contribution in [2.75, 3.05) is 18.8 Å². The Labute approximate surface area is 87.3 Å². The first-order valence-corrected chi connectivity index (χ1v) is 6.43. The summed E-state index contributed by atoms with van der Waals surface area (Å²) in [4.78, 5) is 0. The Bertz CT molecular complexity index is 312. The van der Waals surface area contributed by atoms with Gasteiger partial charge in [-0.3, -0.25) is 0 Å². The van der Waals surface area contributed by atoms with Gasteiger partial charge in [0, 0.05) is 13.1 Å². The molecule has 15 heavy (non-hydrogen) atoms. The van der Waals surface area contributed by atoms with Crippen molar-refractivity contribution >= 4 is 10.0 Å². The van der Waals surface area contributed by atoms with E-state index in [4.69, 9.17) is 0 Å². The monoisotopic (exact) mass is 245 g/mol. The SMILES string of the molecule is CCS(=O)(=O)N1CCCC(C(F)(F)F)C1. The number of piperidine rings is 1. The van der Waals surface area contributed by atoms with Crippen LogP contribution in [0.3, 0.4) is 0 Å². The molecule has 1 atom stereocenters. The van der Waals surface area contributed by atoms with Crippen LogP contribution in [0.2, 0.25) is 0 Å². The lowest BCUT2D eigenvalue weighted by molar-refractivity contribution is -0.182. The summed E-state index contributed by atoms with van der Waals surface area (Å²) < 4.78 is 60.9. The fraction of sp³-hybridized carbons (Fsp3) is 1.00. The number of sulfonamides is 1. The second-order valence-corrected chi connectivity index (χ2v) is 5.90. The van der Waals surface area contributed by atoms with Crippen LogP contribution in [0.5, 0.6) is 0 Å². The van der Waals surface area contributed by atoms with Gasteiger partial charge in [-0.1, -0.05) is 0 Å². The maximum atomic E-state index is 12.4. The first kappa shape index (κ1) is 12.8. The quantitative estimate of drug-likeness (QED) is 0.741. The lowest BCUT2D eigenvalue weighted by Gasteiger charge is -2.32. The number of halogens is 3. The van der Waals surface area contributed by atoms with Gasteiger partial charge in [0.25, 0.3) is 0 Å². The van der Waals surface area contributed by atoms with E-state index in [0.717, 1.165) is 4.31 Å². The lowest BCUT2D eigenvalue weighted by atomic mass is 9.99. The Kier molecular flexibility index (Phi) is 3.65. The van der Waals surface area contributed by atoms with Crippen molar-refractivity contribution in [1.29, 1.82) is 0 Å². The molecule has 0 saturated carbocycles. The molecule has 90 valence electrons. The zero-order chi connectivity index (χ0) is 11.7. The molecule has 7 heteroatoms. The van der Waals surface area contributed by atoms with Crippen LogP contribution in [-0.2, 0) is 10.0 Å². The molecule has 1 aliphatic heterocycles. The van der Waals surface area contributed by atoms with E-state index in [2.05, 4.69) is 0 Å². The molecule has 0 bridgehead atoms. The standard InChI is InChI=1S/C8H14F3NO2S/c1-2-15(13,14)12-5-3-4-7(6-12)8(9,10)11/h7H,2-6H2,1H3. The summed E-state index contributed by atoms with van der Waals surface area (Å²) in [5.41, 5.74) is 0. The zero-order valence-electron chi connectivity index (χ0n) is 8.42. The summed E-state index contributed by atoms with van der Waals surface area (Å²) >= 11 is 0. The van der Waals surface area contributed by atoms with Crippen LogP contribution in [0.15, 0.2) is 0 Å². The van der Waals surface area contributed by atoms with Gasteiger partial charge < -0.3 is 0 Å². The number of hydrogen-bond donors (Lipinski definition) is 0. The zero-order valence-corrected chi connectivity index (χ0v) is 9.24. The van der Waals surface area contributed by atoms with Gasteiger partial charge in [-0.05, 0) is 19.8 Å². The summed E-state index contributed by atoms with van der Waals surface area (Å²) in [6.07, 6.45) is -3.98. The Morgan fingerprint density at radius 3 is 2.47 bits per heavy atom. The molecule has 0 aromatic carbocycles. The predicted octanol–water partition coefficient (Wildman–Crippen LogP) is 1.61. The van der Waals surface area contributed by atoms with Crippen molar-refractivity contribution in [1.82, 2.24) is 4.31 Å². The van der Waals surface area contributed by atoms with E-state index in [1.54, 1.807) is 0 Å². The van der Waals surface area contributed by atoms with Crippen molar-refractivity contribution in [2.24, 2.45) is 5.92 Å². The molecule has 1 fully saturated rings. The summed E-state index contributed by atoms with van der Waals surface area (Å²) in [7, 11) is -3.48. The molecule has 0 spiro atoms. The van der Waals surface area contributed by atoms with E-state index in [1.165, 1.54) is 6.92 Å². The molecular formula is C8H14F3NO2S. The van der Waals surface area contributed by atoms with E-state index < -0.39 is 28.7 Å². The minimum absolute atomic E-state index is 0.0270. The van der Waals surface area contributed by atoms with Crippen molar-refractivity contribution in [3.05, 3.63) is 0 Å². The van der Waals surface area contributed by atoms with Gasteiger partial charge in [-0.15, -0.1) is 0 Å². The van der Waals surface area contributed by atoms with Gasteiger partial charge in [0.15, 0.2) is 0 Å². The fourth-order valence-electron chi connectivity index (χ4n) is 1.64. The summed E-state index contributed by atoms with van der Waals surface area (Å²) in [6, 6.07) is 0. The average molecular weight is 245 g/mol. The Balaban J connectivity index is 2.73. The van der Waals surface area contributed by atoms with Crippen LogP contribution < -0.4 is 0 Å². The molecule has 1 saturated heterocycles. The molecule has 0 N–H and O–H groups in total. The molecule has 1 unspecified atom stereocenters. The van der Waals surface area contributed by atoms with E-state index in [1.807, 2.05) is 0 Å². The van der Waals surface area contributed by atoms with Crippen LogP contribution in [0.25, 0.3) is 0 Å². The lowest BCUT2D eigenvalue weighted by Crippen LogP contribution is -2.45. The third-order valence-electron chi connectivity index (χ3n) is 2.61. The highest BCUT2D eigenvalue weighted by atomic mass is 32.2. The molecule has 1 aliphatic rings. The average Bonchev–Trinajstić information content (AvgIpc) is 2.17. The minimum Gasteiger partial charge on any atom is -0.212 e. The molecule has 3 nitrogen and oxygen atoms in total. The van der Waals surface area contributed by atoms with Gasteiger partial charge in [0.05, 0.1) is 11.7 Å². The van der Waals surface area contributed by atoms with Crippen molar-refractivity contribution in [3.63, 3.8) is 0 Å². The van der Waals surface area contributed by atoms with E-state index in [9.17, 15) is 21.6 Å². The second kappa shape index (κ2) is 4.29. The summed E-state index contributed by atoms with van der Waals surface area (Å²) in [5.74, 6) is -1.65. The highest BCUT2D eigenvalue weighted by Gasteiger charge is 2.43. The van der Waals surface area contributed by atoms with E-state index in [0.29, 0.717) is 0 Å². The van der Waals surface area contributed by atoms with Crippen molar-refractivity contribution < 1.29 is 21.6 Å². The minimum atomic E-state index is -4.29. The third kappa shape index (κ3) is 3.07. The predicted molar refractivity (Wildman–Crippen MR) is 49.8 cm³/mol. The van der Waals surface area contributed by atoms with Gasteiger partial charge >= 0.3 is 6.18 Å². The number of rotatable bonds is 2. The summed E-state index contributed by atoms with van der Waals surface area (Å²) in [6.45, 7) is 1.23. The van der Waals surface area contributed by atoms with Gasteiger partial charge in [-0.2, -0.15) is 13.2 Å². The van der Waals surface area contributed by atoms with Crippen molar-refractivity contribution in [2.45, 2.75) is 25.9 Å². The Morgan fingerprint density at radius 2 is 2.00 bits per heavy atom. The maximum Gasteiger partial charge on any atom is 0.393 e. The van der Waals surface area contributed by atoms with Gasteiger partial charge in [-0.25, -0.2) is 12.7 Å². The first-order valence-electron chi connectivity index (χ1n) is 4.82. The van der Waals surface area contributed by atoms with Gasteiger partial charge in [0.1, 0.15) is 0 Å². The molecule has 0 amide bonds. The molecule has 0 aromatic heterocycles. The third-order valence-corrected chi connectivity index (χ3v) is 4.45. The molecule has 1 rings (SSSR count). The maximum absolute atomic E-state index is 12.4. The molecular weight excluding hydrogens is 231 g/mol. The number of hydrogen-bond acceptors (Lipinski definition) is 2. The second-order valence-electron chi connectivity index (χ2n) is 3.64. The highest BCUT2D eigenvalue weighted by Crippen LogP contribution is 2.33. The molecule has 0 aromatic rings. The van der Waals surface area contributed by atoms with Crippen LogP contribution in [0.4, 0.5) is 13.2 Å². The topological polar surface area (TPSA) is 37.4 Å². The normalized spacial score (nSPS) is 25.5. The summed E-state index contributed by atoms with van der Waals surface area (Å²) in [5, 5.41) is 0. The fourth-order valence-corrected chi connectivity index (χ4v) is 2.82. The smallest absolute Gasteiger partial charge is 0.212 e. The number of alkyl halides is 3. The van der Waals surface area contributed by atoms with Crippen LogP contribution in [0.1, 0.15) is 19.8 Å². The largest absolute Gasteiger partial charge is 0.393 e. The van der Waals surface area contributed by atoms with Crippen LogP contribution in [0, 0.1) is 5.92 Å². The van der Waals surface area contributed by atoms with Crippen LogP contribution >= 0.6 is 0 Å². The van der Waals surface area contributed by atoms with Crippen molar-refractivity contribution in [3.8, 4) is 0 Å². The first-order chi connectivity index (χ1) is 6.77.